The lowest BCUT2D eigenvalue weighted by Gasteiger charge is -2.36. The van der Waals surface area contributed by atoms with Crippen LogP contribution in [0.2, 0.25) is 0 Å². The van der Waals surface area contributed by atoms with Gasteiger partial charge in [0, 0.05) is 62.6 Å². The molecule has 334 valence electrons. The van der Waals surface area contributed by atoms with Crippen LogP contribution < -0.4 is 27.4 Å². The summed E-state index contributed by atoms with van der Waals surface area (Å²) < 4.78 is 0. The predicted octanol–water partition coefficient (Wildman–Crippen LogP) is 0.448. The molecule has 4 saturated heterocycles. The van der Waals surface area contributed by atoms with Gasteiger partial charge in [0.05, 0.1) is 6.04 Å². The number of imide groups is 1. The van der Waals surface area contributed by atoms with Gasteiger partial charge in [-0.1, -0.05) is 48.2 Å². The molecule has 0 bridgehead atoms. The number of hydrogen-bond donors (Lipinski definition) is 5. The predicted molar refractivity (Wildman–Crippen MR) is 229 cm³/mol. The van der Waals surface area contributed by atoms with Crippen LogP contribution in [0.15, 0.2) is 48.5 Å². The minimum absolute atomic E-state index is 0.100. The number of nitrogens with zero attached hydrogens (tertiary/aromatic N) is 4. The van der Waals surface area contributed by atoms with Crippen molar-refractivity contribution < 1.29 is 38.4 Å². The molecule has 17 heteroatoms. The molecule has 17 nitrogen and oxygen atoms in total. The van der Waals surface area contributed by atoms with E-state index in [4.69, 9.17) is 11.5 Å². The minimum Gasteiger partial charge on any atom is -0.370 e. The van der Waals surface area contributed by atoms with Crippen molar-refractivity contribution in [1.29, 1.82) is 0 Å². The van der Waals surface area contributed by atoms with Crippen LogP contribution in [0.1, 0.15) is 104 Å². The summed E-state index contributed by atoms with van der Waals surface area (Å²) in [4.78, 5) is 112. The third-order valence-electron chi connectivity index (χ3n) is 13.1. The van der Waals surface area contributed by atoms with Crippen LogP contribution in [-0.2, 0) is 40.1 Å². The molecule has 5 heterocycles. The number of carbonyl (C=O) groups excluding carboxylic acids is 8. The number of amides is 8. The quantitative estimate of drug-likeness (QED) is 0.146. The summed E-state index contributed by atoms with van der Waals surface area (Å²) in [7, 11) is 1.91. The standard InChI is InChI=1S/C46H57N9O8/c1-52-23-22-31-14-16-37(55(31)45(62)34(47)27-52)43(60)49-35(15-18-38(48)56)41(58)51-40(30-10-3-2-4-11-30)46(63)53-24-20-28(21-25-53)8-5-6-9-29-12-7-13-32-33(29)26-54(44(32)61)36-17-19-39(57)50-42(36)59/h2-4,7,10-13,28,31,34-37,40H,5,8,14-27,47H2,1H3,(H2,48,56)(H,49,60)(H,51,58)(H,50,57,59)/t31?,34-,35-,36?,37-,40-/m0/s1. The first-order chi connectivity index (χ1) is 30.3. The SMILES string of the molecule is CN1CCC2CC[C@@H](C(=O)N[C@@H](CCC(N)=O)C(=O)N[C@H](C(=O)N3CCC(CCC#Cc4cccc5c4CN(C4CCC(=O)NC4=O)C5=O)CC3)c3ccccc3)N2C(=O)[C@@H](N)C1. The van der Waals surface area contributed by atoms with E-state index in [1.807, 2.05) is 24.1 Å². The van der Waals surface area contributed by atoms with Crippen LogP contribution in [-0.4, -0.2) is 130 Å². The Morgan fingerprint density at radius 2 is 1.67 bits per heavy atom. The Morgan fingerprint density at radius 1 is 0.905 bits per heavy atom. The second kappa shape index (κ2) is 19.9. The molecule has 5 aliphatic heterocycles. The normalized spacial score (nSPS) is 23.9. The zero-order valence-electron chi connectivity index (χ0n) is 35.7. The van der Waals surface area contributed by atoms with E-state index >= 15 is 0 Å². The Labute approximate surface area is 367 Å². The largest absolute Gasteiger partial charge is 0.370 e. The molecule has 8 amide bonds. The second-order valence-corrected chi connectivity index (χ2v) is 17.4. The number of carbonyl (C=O) groups is 8. The minimum atomic E-state index is -1.21. The maximum absolute atomic E-state index is 14.3. The fraction of sp³-hybridized carbons (Fsp3) is 0.522. The smallest absolute Gasteiger partial charge is 0.255 e. The number of nitrogens with one attached hydrogen (secondary N) is 3. The molecule has 7 N–H and O–H groups in total. The molecule has 0 spiro atoms. The van der Waals surface area contributed by atoms with Crippen LogP contribution >= 0.6 is 0 Å². The molecule has 0 radical (unpaired) electrons. The highest BCUT2D eigenvalue weighted by atomic mass is 16.2. The van der Waals surface area contributed by atoms with Crippen molar-refractivity contribution in [1.82, 2.24) is 35.6 Å². The maximum Gasteiger partial charge on any atom is 0.255 e. The summed E-state index contributed by atoms with van der Waals surface area (Å²) >= 11 is 0. The zero-order valence-corrected chi connectivity index (χ0v) is 35.7. The van der Waals surface area contributed by atoms with Crippen molar-refractivity contribution in [2.45, 2.75) is 113 Å². The van der Waals surface area contributed by atoms with E-state index in [2.05, 4.69) is 27.8 Å². The van der Waals surface area contributed by atoms with Crippen molar-refractivity contribution >= 4 is 47.3 Å². The van der Waals surface area contributed by atoms with E-state index < -0.39 is 53.8 Å². The first kappa shape index (κ1) is 44.9. The van der Waals surface area contributed by atoms with Gasteiger partial charge in [0.15, 0.2) is 0 Å². The van der Waals surface area contributed by atoms with E-state index in [0.717, 1.165) is 36.9 Å². The highest BCUT2D eigenvalue weighted by molar-refractivity contribution is 6.05. The molecule has 6 atom stereocenters. The third-order valence-corrected chi connectivity index (χ3v) is 13.1. The van der Waals surface area contributed by atoms with Gasteiger partial charge in [0.1, 0.15) is 24.2 Å². The number of piperidine rings is 2. The third kappa shape index (κ3) is 10.4. The van der Waals surface area contributed by atoms with E-state index in [1.54, 1.807) is 46.2 Å². The first-order valence-electron chi connectivity index (χ1n) is 22.0. The highest BCUT2D eigenvalue weighted by Crippen LogP contribution is 2.31. The number of rotatable bonds is 12. The molecule has 5 aliphatic rings. The number of hydrogen-bond acceptors (Lipinski definition) is 10. The molecular weight excluding hydrogens is 807 g/mol. The molecule has 7 rings (SSSR count). The number of benzene rings is 2. The lowest BCUT2D eigenvalue weighted by atomic mass is 9.91. The number of nitrogens with two attached hydrogens (primary N) is 2. The van der Waals surface area contributed by atoms with Gasteiger partial charge in [0.2, 0.25) is 41.4 Å². The van der Waals surface area contributed by atoms with Crippen LogP contribution in [0.3, 0.4) is 0 Å². The van der Waals surface area contributed by atoms with Gasteiger partial charge < -0.3 is 41.7 Å². The molecule has 0 aromatic heterocycles. The lowest BCUT2D eigenvalue weighted by Crippen LogP contribution is -2.60. The van der Waals surface area contributed by atoms with E-state index in [9.17, 15) is 38.4 Å². The van der Waals surface area contributed by atoms with Crippen LogP contribution in [0.25, 0.3) is 0 Å². The topological polar surface area (TPSA) is 238 Å². The lowest BCUT2D eigenvalue weighted by molar-refractivity contribution is -0.143. The monoisotopic (exact) mass is 863 g/mol. The van der Waals surface area contributed by atoms with Crippen LogP contribution in [0.5, 0.6) is 0 Å². The van der Waals surface area contributed by atoms with Gasteiger partial charge in [-0.05, 0) is 94.1 Å². The van der Waals surface area contributed by atoms with Gasteiger partial charge in [0.25, 0.3) is 5.91 Å². The van der Waals surface area contributed by atoms with E-state index in [1.165, 1.54) is 4.90 Å². The van der Waals surface area contributed by atoms with Crippen molar-refractivity contribution in [3.05, 3.63) is 70.8 Å². The zero-order chi connectivity index (χ0) is 44.8. The second-order valence-electron chi connectivity index (χ2n) is 17.4. The highest BCUT2D eigenvalue weighted by Gasteiger charge is 2.45. The van der Waals surface area contributed by atoms with Crippen molar-refractivity contribution in [2.75, 3.05) is 33.2 Å². The Bertz CT molecular complexity index is 2180. The average Bonchev–Trinajstić information content (AvgIpc) is 3.85. The fourth-order valence-electron chi connectivity index (χ4n) is 9.58. The Balaban J connectivity index is 0.957. The van der Waals surface area contributed by atoms with Crippen molar-refractivity contribution in [2.24, 2.45) is 17.4 Å². The van der Waals surface area contributed by atoms with Gasteiger partial charge in [-0.25, -0.2) is 0 Å². The fourth-order valence-corrected chi connectivity index (χ4v) is 9.58. The molecule has 2 aromatic carbocycles. The summed E-state index contributed by atoms with van der Waals surface area (Å²) in [6.07, 6.45) is 4.75. The summed E-state index contributed by atoms with van der Waals surface area (Å²) in [5.74, 6) is 3.33. The summed E-state index contributed by atoms with van der Waals surface area (Å²) in [5, 5.41) is 8.01. The van der Waals surface area contributed by atoms with Crippen molar-refractivity contribution in [3.8, 4) is 11.8 Å². The first-order valence-corrected chi connectivity index (χ1v) is 22.0. The molecule has 2 aromatic rings. The number of primary amides is 1. The molecular formula is C46H57N9O8. The number of likely N-dealkylation sites (N-methyl/N-ethyl adjacent to an activating group) is 1. The summed E-state index contributed by atoms with van der Waals surface area (Å²) in [6, 6.07) is 9.48. The molecule has 2 unspecified atom stereocenters. The molecule has 63 heavy (non-hydrogen) atoms. The molecule has 4 fully saturated rings. The number of fused-ring (bicyclic) bond motifs is 2. The van der Waals surface area contributed by atoms with Crippen molar-refractivity contribution in [3.63, 3.8) is 0 Å². The van der Waals surface area contributed by atoms with Gasteiger partial charge >= 0.3 is 0 Å². The van der Waals surface area contributed by atoms with Gasteiger partial charge in [-0.3, -0.25) is 43.7 Å². The van der Waals surface area contributed by atoms with E-state index in [-0.39, 0.29) is 61.9 Å². The average molecular weight is 864 g/mol. The Hall–Kier alpha value is -6.12. The van der Waals surface area contributed by atoms with E-state index in [0.29, 0.717) is 62.4 Å². The van der Waals surface area contributed by atoms with Gasteiger partial charge in [-0.2, -0.15) is 0 Å². The van der Waals surface area contributed by atoms with Crippen LogP contribution in [0.4, 0.5) is 0 Å². The maximum atomic E-state index is 14.3. The summed E-state index contributed by atoms with van der Waals surface area (Å²) in [6.45, 7) is 2.26. The summed E-state index contributed by atoms with van der Waals surface area (Å²) in [5.41, 5.74) is 14.3. The number of likely N-dealkylation sites (tertiary alicyclic amines) is 1. The Morgan fingerprint density at radius 3 is 2.40 bits per heavy atom. The van der Waals surface area contributed by atoms with Crippen LogP contribution in [0, 0.1) is 17.8 Å². The molecule has 0 aliphatic carbocycles. The Kier molecular flexibility index (Phi) is 14.2. The molecule has 0 saturated carbocycles. The van der Waals surface area contributed by atoms with Gasteiger partial charge in [-0.15, -0.1) is 0 Å².